The zero-order chi connectivity index (χ0) is 16.9. The Balaban J connectivity index is 1.97. The van der Waals surface area contributed by atoms with E-state index in [2.05, 4.69) is 5.32 Å². The van der Waals surface area contributed by atoms with Gasteiger partial charge in [0.25, 0.3) is 0 Å². The Morgan fingerprint density at radius 3 is 2.22 bits per heavy atom. The first-order valence-electron chi connectivity index (χ1n) is 7.79. The molecule has 3 unspecified atom stereocenters. The molecule has 0 aliphatic rings. The lowest BCUT2D eigenvalue weighted by molar-refractivity contribution is -0.126. The molecule has 0 heterocycles. The van der Waals surface area contributed by atoms with Gasteiger partial charge in [-0.25, -0.2) is 0 Å². The molecule has 0 bridgehead atoms. The summed E-state index contributed by atoms with van der Waals surface area (Å²) in [4.78, 5) is 12.5. The molecule has 4 heteroatoms. The van der Waals surface area contributed by atoms with Crippen LogP contribution in [0.2, 0.25) is 0 Å². The number of carbonyl (C=O) groups excluding carboxylic acids is 1. The van der Waals surface area contributed by atoms with Gasteiger partial charge in [-0.15, -0.1) is 0 Å². The first-order chi connectivity index (χ1) is 10.9. The molecule has 4 N–H and O–H groups in total. The predicted octanol–water partition coefficient (Wildman–Crippen LogP) is 2.49. The molecule has 23 heavy (non-hydrogen) atoms. The topological polar surface area (TPSA) is 75.3 Å². The highest BCUT2D eigenvalue weighted by Gasteiger charge is 2.31. The second-order valence-electron chi connectivity index (χ2n) is 6.11. The van der Waals surface area contributed by atoms with E-state index in [0.29, 0.717) is 6.42 Å². The Kier molecular flexibility index (Phi) is 5.53. The summed E-state index contributed by atoms with van der Waals surface area (Å²) in [6, 6.07) is 18.5. The third-order valence-electron chi connectivity index (χ3n) is 3.98. The van der Waals surface area contributed by atoms with Crippen LogP contribution in [0.1, 0.15) is 37.5 Å². The van der Waals surface area contributed by atoms with Crippen molar-refractivity contribution < 1.29 is 9.90 Å². The van der Waals surface area contributed by atoms with Crippen LogP contribution in [0.5, 0.6) is 0 Å². The Morgan fingerprint density at radius 2 is 1.65 bits per heavy atom. The average Bonchev–Trinajstić information content (AvgIpc) is 2.56. The zero-order valence-electron chi connectivity index (χ0n) is 13.6. The van der Waals surface area contributed by atoms with Crippen molar-refractivity contribution in [3.05, 3.63) is 71.8 Å². The van der Waals surface area contributed by atoms with E-state index < -0.39 is 11.6 Å². The number of benzene rings is 2. The lowest BCUT2D eigenvalue weighted by atomic mass is 9.91. The lowest BCUT2D eigenvalue weighted by Crippen LogP contribution is -2.51. The summed E-state index contributed by atoms with van der Waals surface area (Å²) >= 11 is 0. The van der Waals surface area contributed by atoms with Gasteiger partial charge in [-0.1, -0.05) is 60.7 Å². The molecule has 2 aromatic carbocycles. The summed E-state index contributed by atoms with van der Waals surface area (Å²) in [7, 11) is 0. The van der Waals surface area contributed by atoms with E-state index in [4.69, 9.17) is 5.73 Å². The normalized spacial score (nSPS) is 16.2. The van der Waals surface area contributed by atoms with E-state index in [9.17, 15) is 9.90 Å². The summed E-state index contributed by atoms with van der Waals surface area (Å²) in [6.45, 7) is 3.56. The number of amides is 1. The fourth-order valence-electron chi connectivity index (χ4n) is 2.49. The van der Waals surface area contributed by atoms with Crippen molar-refractivity contribution in [1.82, 2.24) is 5.32 Å². The third-order valence-corrected chi connectivity index (χ3v) is 3.98. The van der Waals surface area contributed by atoms with Crippen LogP contribution in [0.4, 0.5) is 0 Å². The van der Waals surface area contributed by atoms with Gasteiger partial charge in [0, 0.05) is 6.04 Å². The number of aliphatic hydroxyl groups excluding tert-OH is 1. The summed E-state index contributed by atoms with van der Waals surface area (Å²) in [5, 5.41) is 13.1. The monoisotopic (exact) mass is 312 g/mol. The number of rotatable bonds is 6. The van der Waals surface area contributed by atoms with Gasteiger partial charge >= 0.3 is 0 Å². The molecule has 0 spiro atoms. The molecule has 3 atom stereocenters. The van der Waals surface area contributed by atoms with Gasteiger partial charge in [-0.2, -0.15) is 0 Å². The number of aliphatic hydroxyl groups is 1. The summed E-state index contributed by atoms with van der Waals surface area (Å²) < 4.78 is 0. The van der Waals surface area contributed by atoms with Gasteiger partial charge in [0.15, 0.2) is 0 Å². The fourth-order valence-corrected chi connectivity index (χ4v) is 2.49. The SMILES string of the molecule is CC(CC(O)c1ccccc1)NC(=O)C(C)(N)c1ccccc1. The third kappa shape index (κ3) is 4.41. The van der Waals surface area contributed by atoms with Crippen LogP contribution in [-0.2, 0) is 10.3 Å². The van der Waals surface area contributed by atoms with Crippen molar-refractivity contribution in [2.24, 2.45) is 5.73 Å². The maximum Gasteiger partial charge on any atom is 0.244 e. The molecule has 0 fully saturated rings. The molecule has 0 saturated carbocycles. The zero-order valence-corrected chi connectivity index (χ0v) is 13.6. The molecule has 0 aliphatic carbocycles. The smallest absolute Gasteiger partial charge is 0.244 e. The number of hydrogen-bond acceptors (Lipinski definition) is 3. The number of hydrogen-bond donors (Lipinski definition) is 3. The van der Waals surface area contributed by atoms with E-state index in [0.717, 1.165) is 11.1 Å². The van der Waals surface area contributed by atoms with E-state index in [1.807, 2.05) is 67.6 Å². The van der Waals surface area contributed by atoms with E-state index in [1.165, 1.54) is 0 Å². The highest BCUT2D eigenvalue weighted by atomic mass is 16.3. The average molecular weight is 312 g/mol. The first kappa shape index (κ1) is 17.2. The fraction of sp³-hybridized carbons (Fsp3) is 0.316. The predicted molar refractivity (Wildman–Crippen MR) is 91.6 cm³/mol. The maximum absolute atomic E-state index is 12.5. The minimum atomic E-state index is -1.10. The van der Waals surface area contributed by atoms with Crippen LogP contribution >= 0.6 is 0 Å². The second-order valence-corrected chi connectivity index (χ2v) is 6.11. The van der Waals surface area contributed by atoms with Gasteiger partial charge in [0.05, 0.1) is 6.10 Å². The molecular formula is C19H24N2O2. The quantitative estimate of drug-likeness (QED) is 0.767. The van der Waals surface area contributed by atoms with Crippen LogP contribution in [0.3, 0.4) is 0 Å². The minimum Gasteiger partial charge on any atom is -0.388 e. The Morgan fingerprint density at radius 1 is 1.13 bits per heavy atom. The Hall–Kier alpha value is -2.17. The van der Waals surface area contributed by atoms with Gasteiger partial charge in [0.1, 0.15) is 5.54 Å². The molecule has 0 radical (unpaired) electrons. The van der Waals surface area contributed by atoms with Crippen LogP contribution in [0.15, 0.2) is 60.7 Å². The van der Waals surface area contributed by atoms with Crippen molar-refractivity contribution in [3.63, 3.8) is 0 Å². The Bertz CT molecular complexity index is 626. The highest BCUT2D eigenvalue weighted by Crippen LogP contribution is 2.20. The first-order valence-corrected chi connectivity index (χ1v) is 7.79. The molecule has 0 aliphatic heterocycles. The second kappa shape index (κ2) is 7.40. The molecule has 1 amide bonds. The Labute approximate surface area is 137 Å². The summed E-state index contributed by atoms with van der Waals surface area (Å²) in [5.74, 6) is -0.253. The minimum absolute atomic E-state index is 0.190. The molecule has 0 aromatic heterocycles. The van der Waals surface area contributed by atoms with Crippen molar-refractivity contribution in [2.75, 3.05) is 0 Å². The number of nitrogens with one attached hydrogen (secondary N) is 1. The van der Waals surface area contributed by atoms with Crippen molar-refractivity contribution in [1.29, 1.82) is 0 Å². The van der Waals surface area contributed by atoms with Gasteiger partial charge in [-0.3, -0.25) is 4.79 Å². The molecule has 2 rings (SSSR count). The summed E-state index contributed by atoms with van der Waals surface area (Å²) in [5.41, 5.74) is 6.69. The lowest BCUT2D eigenvalue weighted by Gasteiger charge is -2.27. The maximum atomic E-state index is 12.5. The molecule has 122 valence electrons. The van der Waals surface area contributed by atoms with E-state index in [-0.39, 0.29) is 11.9 Å². The summed E-state index contributed by atoms with van der Waals surface area (Å²) in [6.07, 6.45) is -0.187. The van der Waals surface area contributed by atoms with Crippen LogP contribution < -0.4 is 11.1 Å². The van der Waals surface area contributed by atoms with Gasteiger partial charge in [0.2, 0.25) is 5.91 Å². The van der Waals surface area contributed by atoms with Gasteiger partial charge < -0.3 is 16.2 Å². The van der Waals surface area contributed by atoms with Crippen molar-refractivity contribution in [2.45, 2.75) is 38.0 Å². The van der Waals surface area contributed by atoms with E-state index >= 15 is 0 Å². The van der Waals surface area contributed by atoms with Crippen LogP contribution in [0, 0.1) is 0 Å². The van der Waals surface area contributed by atoms with Crippen LogP contribution in [0.25, 0.3) is 0 Å². The highest BCUT2D eigenvalue weighted by molar-refractivity contribution is 5.87. The molecular weight excluding hydrogens is 288 g/mol. The van der Waals surface area contributed by atoms with Crippen molar-refractivity contribution >= 4 is 5.91 Å². The van der Waals surface area contributed by atoms with Crippen LogP contribution in [-0.4, -0.2) is 17.1 Å². The molecule has 4 nitrogen and oxygen atoms in total. The number of carbonyl (C=O) groups is 1. The number of nitrogens with two attached hydrogens (primary N) is 1. The molecule has 0 saturated heterocycles. The van der Waals surface area contributed by atoms with Crippen molar-refractivity contribution in [3.8, 4) is 0 Å². The van der Waals surface area contributed by atoms with E-state index in [1.54, 1.807) is 6.92 Å². The van der Waals surface area contributed by atoms with Gasteiger partial charge in [-0.05, 0) is 31.4 Å². The largest absolute Gasteiger partial charge is 0.388 e. The standard InChI is InChI=1S/C19H24N2O2/c1-14(13-17(22)15-9-5-3-6-10-15)21-18(23)19(2,20)16-11-7-4-8-12-16/h3-12,14,17,22H,13,20H2,1-2H3,(H,21,23). The molecule has 2 aromatic rings.